The van der Waals surface area contributed by atoms with Gasteiger partial charge in [0.1, 0.15) is 5.75 Å². The summed E-state index contributed by atoms with van der Waals surface area (Å²) in [5, 5.41) is 9.52. The molecule has 0 radical (unpaired) electrons. The predicted octanol–water partition coefficient (Wildman–Crippen LogP) is 3.35. The van der Waals surface area contributed by atoms with Crippen LogP contribution in [0.15, 0.2) is 47.5 Å². The highest BCUT2D eigenvalue weighted by atomic mass is 127. The minimum atomic E-state index is -0.0618. The Hall–Kier alpha value is -2.69. The lowest BCUT2D eigenvalue weighted by atomic mass is 10.1. The number of carbonyl (C=O) groups excluding carboxylic acids is 1. The van der Waals surface area contributed by atoms with Gasteiger partial charge in [-0.3, -0.25) is 9.79 Å². The third kappa shape index (κ3) is 7.99. The van der Waals surface area contributed by atoms with Crippen molar-refractivity contribution in [3.8, 4) is 17.2 Å². The number of guanidine groups is 1. The number of rotatable bonds is 8. The Morgan fingerprint density at radius 3 is 2.58 bits per heavy atom. The maximum absolute atomic E-state index is 11.7. The van der Waals surface area contributed by atoms with Crippen molar-refractivity contribution in [2.45, 2.75) is 31.7 Å². The van der Waals surface area contributed by atoms with Gasteiger partial charge >= 0.3 is 0 Å². The van der Waals surface area contributed by atoms with E-state index >= 15 is 0 Å². The van der Waals surface area contributed by atoms with Crippen LogP contribution in [-0.4, -0.2) is 51.3 Å². The second-order valence-corrected chi connectivity index (χ2v) is 7.86. The van der Waals surface area contributed by atoms with Gasteiger partial charge in [0.25, 0.3) is 5.91 Å². The van der Waals surface area contributed by atoms with Crippen molar-refractivity contribution in [2.75, 3.05) is 38.7 Å². The van der Waals surface area contributed by atoms with Gasteiger partial charge in [-0.1, -0.05) is 12.1 Å². The van der Waals surface area contributed by atoms with Gasteiger partial charge in [0.2, 0.25) is 0 Å². The smallest absolute Gasteiger partial charge is 0.258 e. The van der Waals surface area contributed by atoms with E-state index in [0.29, 0.717) is 37.5 Å². The van der Waals surface area contributed by atoms with Gasteiger partial charge in [-0.2, -0.15) is 0 Å². The molecule has 1 saturated carbocycles. The fourth-order valence-electron chi connectivity index (χ4n) is 3.28. The summed E-state index contributed by atoms with van der Waals surface area (Å²) >= 11 is 0. The molecule has 8 nitrogen and oxygen atoms in total. The second kappa shape index (κ2) is 12.5. The van der Waals surface area contributed by atoms with E-state index in [-0.39, 0.29) is 36.5 Å². The molecule has 2 aromatic rings. The molecule has 1 heterocycles. The van der Waals surface area contributed by atoms with Crippen LogP contribution in [0.1, 0.15) is 24.8 Å². The quantitative estimate of drug-likeness (QED) is 0.258. The van der Waals surface area contributed by atoms with Crippen molar-refractivity contribution >= 4 is 41.5 Å². The molecule has 2 aromatic carbocycles. The number of aliphatic imine (C=N–C) groups is 1. The van der Waals surface area contributed by atoms with Crippen LogP contribution in [0.2, 0.25) is 0 Å². The maximum atomic E-state index is 11.7. The summed E-state index contributed by atoms with van der Waals surface area (Å²) in [4.78, 5) is 16.0. The lowest BCUT2D eigenvalue weighted by molar-refractivity contribution is -0.123. The molecular formula is C24H31IN4O4. The van der Waals surface area contributed by atoms with Gasteiger partial charge in [-0.15, -0.1) is 24.0 Å². The first kappa shape index (κ1) is 24.9. The highest BCUT2D eigenvalue weighted by Gasteiger charge is 2.23. The monoisotopic (exact) mass is 566 g/mol. The van der Waals surface area contributed by atoms with Crippen LogP contribution in [0.5, 0.6) is 17.2 Å². The zero-order valence-electron chi connectivity index (χ0n) is 18.8. The van der Waals surface area contributed by atoms with Crippen LogP contribution in [0.3, 0.4) is 0 Å². The highest BCUT2D eigenvalue weighted by molar-refractivity contribution is 14.0. The van der Waals surface area contributed by atoms with E-state index in [2.05, 4.69) is 20.9 Å². The Bertz CT molecular complexity index is 948. The Morgan fingerprint density at radius 2 is 1.85 bits per heavy atom. The molecule has 1 amide bonds. The summed E-state index contributed by atoms with van der Waals surface area (Å²) in [7, 11) is 1.74. The Kier molecular flexibility index (Phi) is 9.47. The minimum Gasteiger partial charge on any atom is -0.490 e. The Labute approximate surface area is 211 Å². The summed E-state index contributed by atoms with van der Waals surface area (Å²) in [5.41, 5.74) is 2.05. The molecule has 0 atom stereocenters. The van der Waals surface area contributed by atoms with Crippen LogP contribution in [0, 0.1) is 0 Å². The Balaban J connectivity index is 0.00000306. The number of amides is 1. The van der Waals surface area contributed by atoms with E-state index < -0.39 is 0 Å². The first-order valence-electron chi connectivity index (χ1n) is 11.1. The van der Waals surface area contributed by atoms with Crippen molar-refractivity contribution in [2.24, 2.45) is 4.99 Å². The summed E-state index contributed by atoms with van der Waals surface area (Å²) in [6.45, 7) is 2.10. The number of carbonyl (C=O) groups is 1. The first-order valence-corrected chi connectivity index (χ1v) is 11.1. The predicted molar refractivity (Wildman–Crippen MR) is 139 cm³/mol. The van der Waals surface area contributed by atoms with Crippen LogP contribution < -0.4 is 30.2 Å². The summed E-state index contributed by atoms with van der Waals surface area (Å²) < 4.78 is 17.0. The summed E-state index contributed by atoms with van der Waals surface area (Å²) in [6.07, 6.45) is 3.85. The summed E-state index contributed by atoms with van der Waals surface area (Å²) in [6, 6.07) is 13.9. The van der Waals surface area contributed by atoms with Crippen LogP contribution in [0.4, 0.5) is 5.69 Å². The highest BCUT2D eigenvalue weighted by Crippen LogP contribution is 2.32. The standard InChI is InChI=1S/C24H30N4O4.HI/c1-25-24(28-19-7-10-21-22(15-19)31-14-2-13-30-21)26-12-11-17-3-8-20(9-4-17)32-16-23(29)27-18-5-6-18;/h3-4,7-10,15,18H,2,5-6,11-14,16H2,1H3,(H,27,29)(H2,25,26,28);1H. The number of nitrogens with zero attached hydrogens (tertiary/aromatic N) is 1. The largest absolute Gasteiger partial charge is 0.490 e. The fourth-order valence-corrected chi connectivity index (χ4v) is 3.28. The number of anilines is 1. The Morgan fingerprint density at radius 1 is 1.09 bits per heavy atom. The van der Waals surface area contributed by atoms with Gasteiger partial charge in [0.05, 0.1) is 13.2 Å². The number of fused-ring (bicyclic) bond motifs is 1. The molecule has 1 aliphatic carbocycles. The molecule has 1 fully saturated rings. The molecule has 3 N–H and O–H groups in total. The van der Waals surface area contributed by atoms with E-state index in [1.165, 1.54) is 5.56 Å². The molecule has 0 saturated heterocycles. The van der Waals surface area contributed by atoms with Gasteiger partial charge in [0, 0.05) is 37.8 Å². The maximum Gasteiger partial charge on any atom is 0.258 e. The molecule has 2 aliphatic rings. The third-order valence-corrected chi connectivity index (χ3v) is 5.18. The zero-order valence-corrected chi connectivity index (χ0v) is 21.1. The molecule has 0 unspecified atom stereocenters. The molecule has 178 valence electrons. The number of hydrogen-bond donors (Lipinski definition) is 3. The molecule has 1 aliphatic heterocycles. The van der Waals surface area contributed by atoms with E-state index in [1.54, 1.807) is 7.05 Å². The van der Waals surface area contributed by atoms with E-state index in [1.807, 2.05) is 42.5 Å². The van der Waals surface area contributed by atoms with E-state index in [0.717, 1.165) is 42.9 Å². The van der Waals surface area contributed by atoms with Crippen LogP contribution in [0.25, 0.3) is 0 Å². The van der Waals surface area contributed by atoms with Crippen molar-refractivity contribution in [1.82, 2.24) is 10.6 Å². The van der Waals surface area contributed by atoms with E-state index in [4.69, 9.17) is 14.2 Å². The van der Waals surface area contributed by atoms with Crippen molar-refractivity contribution in [3.63, 3.8) is 0 Å². The summed E-state index contributed by atoms with van der Waals surface area (Å²) in [5.74, 6) is 2.83. The van der Waals surface area contributed by atoms with Crippen molar-refractivity contribution in [1.29, 1.82) is 0 Å². The average molecular weight is 566 g/mol. The number of halogens is 1. The second-order valence-electron chi connectivity index (χ2n) is 7.86. The SMILES string of the molecule is CN=C(NCCc1ccc(OCC(=O)NC2CC2)cc1)Nc1ccc2c(c1)OCCCO2.I. The van der Waals surface area contributed by atoms with Gasteiger partial charge in [0.15, 0.2) is 24.1 Å². The molecule has 4 rings (SSSR count). The lowest BCUT2D eigenvalue weighted by Crippen LogP contribution is -2.32. The van der Waals surface area contributed by atoms with Crippen LogP contribution in [-0.2, 0) is 11.2 Å². The van der Waals surface area contributed by atoms with Crippen molar-refractivity contribution in [3.05, 3.63) is 48.0 Å². The molecule has 0 bridgehead atoms. The molecule has 9 heteroatoms. The number of benzene rings is 2. The first-order chi connectivity index (χ1) is 15.7. The number of hydrogen-bond acceptors (Lipinski definition) is 5. The van der Waals surface area contributed by atoms with Crippen molar-refractivity contribution < 1.29 is 19.0 Å². The molecule has 0 spiro atoms. The molecular weight excluding hydrogens is 535 g/mol. The van der Waals surface area contributed by atoms with Crippen LogP contribution >= 0.6 is 24.0 Å². The average Bonchev–Trinajstić information content (AvgIpc) is 3.64. The number of ether oxygens (including phenoxy) is 3. The number of nitrogens with one attached hydrogen (secondary N) is 3. The molecule has 33 heavy (non-hydrogen) atoms. The van der Waals surface area contributed by atoms with Gasteiger partial charge in [-0.05, 0) is 49.1 Å². The van der Waals surface area contributed by atoms with E-state index in [9.17, 15) is 4.79 Å². The molecule has 0 aromatic heterocycles. The normalized spacial score (nSPS) is 15.0. The topological polar surface area (TPSA) is 93.2 Å². The zero-order chi connectivity index (χ0) is 22.2. The minimum absolute atomic E-state index is 0. The lowest BCUT2D eigenvalue weighted by Gasteiger charge is -2.14. The fraction of sp³-hybridized carbons (Fsp3) is 0.417. The van der Waals surface area contributed by atoms with Gasteiger partial charge in [-0.25, -0.2) is 0 Å². The third-order valence-electron chi connectivity index (χ3n) is 5.18. The van der Waals surface area contributed by atoms with Gasteiger partial charge < -0.3 is 30.2 Å².